The molecule has 4 aliphatic heterocycles. The Kier molecular flexibility index (Phi) is 10.0. The van der Waals surface area contributed by atoms with E-state index in [1.165, 1.54) is 22.2 Å². The molecule has 0 saturated carbocycles. The molecule has 274 valence electrons. The number of aryl methyl sites for hydroxylation is 2. The molecule has 2 aromatic heterocycles. The number of nitrogens with two attached hydrogens (primary N) is 3. The molecule has 3 aromatic carbocycles. The van der Waals surface area contributed by atoms with Crippen LogP contribution in [0, 0.1) is 0 Å². The predicted molar refractivity (Wildman–Crippen MR) is 211 cm³/mol. The van der Waals surface area contributed by atoms with E-state index in [1.807, 2.05) is 42.6 Å². The molecular formula is C41H52N8O3. The molecule has 0 fully saturated rings. The summed E-state index contributed by atoms with van der Waals surface area (Å²) in [7, 11) is 0. The summed E-state index contributed by atoms with van der Waals surface area (Å²) < 4.78 is 21.8. The average molecular weight is 705 g/mol. The van der Waals surface area contributed by atoms with Crippen molar-refractivity contribution in [1.29, 1.82) is 0 Å². The Hall–Kier alpha value is -5.19. The molecule has 0 spiro atoms. The Balaban J connectivity index is 0.000000121. The van der Waals surface area contributed by atoms with E-state index in [1.54, 1.807) is 0 Å². The fourth-order valence-corrected chi connectivity index (χ4v) is 7.74. The Labute approximate surface area is 305 Å². The number of allylic oxidation sites excluding steroid dienone is 1. The van der Waals surface area contributed by atoms with Crippen molar-refractivity contribution < 1.29 is 14.2 Å². The Morgan fingerprint density at radius 2 is 1.25 bits per heavy atom. The standard InChI is InChI=1S/C14H19N3O.C14H16N2O.C13H17N3O/c1-3-7-17-13-10-8-9(4-2)18-12(10)6-5-11(13)16-14(17)15;1-2-10-6-9-7-11(13-4-3-5-16-13)12(15)8-14(9)17-10;1-3-8-7-9-11(17-8)6-5-10-12(9)16(4-2)13(14)15-10/h5-6,9H,3-4,7-8H2,1-2H3,(H2,15,16);3-5,7-8,10,13H,2,6,15H2,1H3;5-6,8H,3-4,7H2,1-2H3,(H2,14,15). The lowest BCUT2D eigenvalue weighted by Crippen LogP contribution is -2.10. The van der Waals surface area contributed by atoms with Gasteiger partial charge in [-0.15, -0.1) is 0 Å². The number of rotatable bonds is 7. The van der Waals surface area contributed by atoms with Gasteiger partial charge in [-0.3, -0.25) is 4.99 Å². The minimum Gasteiger partial charge on any atom is -0.490 e. The monoisotopic (exact) mass is 704 g/mol. The van der Waals surface area contributed by atoms with Gasteiger partial charge in [0.25, 0.3) is 0 Å². The molecule has 4 unspecified atom stereocenters. The molecule has 6 N–H and O–H groups in total. The molecule has 0 saturated heterocycles. The Bertz CT molecular complexity index is 2140. The number of aromatic nitrogens is 4. The van der Waals surface area contributed by atoms with Gasteiger partial charge in [0.2, 0.25) is 11.9 Å². The lowest BCUT2D eigenvalue weighted by Gasteiger charge is -2.11. The summed E-state index contributed by atoms with van der Waals surface area (Å²) >= 11 is 0. The van der Waals surface area contributed by atoms with Gasteiger partial charge in [0, 0.05) is 67.0 Å². The zero-order valence-electron chi connectivity index (χ0n) is 31.1. The van der Waals surface area contributed by atoms with E-state index in [9.17, 15) is 0 Å². The van der Waals surface area contributed by atoms with E-state index >= 15 is 0 Å². The summed E-state index contributed by atoms with van der Waals surface area (Å²) in [4.78, 5) is 13.2. The van der Waals surface area contributed by atoms with Crippen LogP contribution in [-0.2, 0) is 32.4 Å². The summed E-state index contributed by atoms with van der Waals surface area (Å²) in [6, 6.07) is 12.2. The van der Waals surface area contributed by atoms with Crippen LogP contribution in [0.15, 0.2) is 53.5 Å². The van der Waals surface area contributed by atoms with Crippen LogP contribution in [0.4, 0.5) is 17.6 Å². The third-order valence-corrected chi connectivity index (χ3v) is 10.5. The number of ether oxygens (including phenoxy) is 3. The van der Waals surface area contributed by atoms with Crippen LogP contribution in [0.2, 0.25) is 0 Å². The highest BCUT2D eigenvalue weighted by Gasteiger charge is 2.28. The maximum atomic E-state index is 6.07. The van der Waals surface area contributed by atoms with Crippen molar-refractivity contribution in [2.45, 2.75) is 117 Å². The predicted octanol–water partition coefficient (Wildman–Crippen LogP) is 7.76. The van der Waals surface area contributed by atoms with Gasteiger partial charge >= 0.3 is 0 Å². The SMILES string of the molecule is CCC1Cc2c(ccc3nc(N)n(CC)c23)O1.CCC1Cc2cc(C3C=CC=N3)c(N)cc2O1.CCCn1c(N)nc2ccc3c(c21)CC(CC)O3. The second-order valence-electron chi connectivity index (χ2n) is 13.9. The summed E-state index contributed by atoms with van der Waals surface area (Å²) in [5.41, 5.74) is 28.0. The lowest BCUT2D eigenvalue weighted by molar-refractivity contribution is 0.228. The van der Waals surface area contributed by atoms with Crippen LogP contribution in [0.1, 0.15) is 88.6 Å². The third kappa shape index (κ3) is 6.52. The van der Waals surface area contributed by atoms with Gasteiger partial charge in [-0.25, -0.2) is 9.97 Å². The van der Waals surface area contributed by atoms with Crippen molar-refractivity contribution in [2.75, 3.05) is 17.2 Å². The van der Waals surface area contributed by atoms with Gasteiger partial charge in [0.05, 0.1) is 28.1 Å². The quantitative estimate of drug-likeness (QED) is 0.145. The number of fused-ring (bicyclic) bond motifs is 7. The van der Waals surface area contributed by atoms with E-state index in [0.29, 0.717) is 30.2 Å². The van der Waals surface area contributed by atoms with Crippen LogP contribution >= 0.6 is 0 Å². The Morgan fingerprint density at radius 3 is 1.79 bits per heavy atom. The average Bonchev–Trinajstić information content (AvgIpc) is 4.00. The van der Waals surface area contributed by atoms with Crippen molar-refractivity contribution in [3.05, 3.63) is 70.8 Å². The number of hydrogen-bond donors (Lipinski definition) is 3. The highest BCUT2D eigenvalue weighted by Crippen LogP contribution is 2.39. The molecule has 0 aliphatic carbocycles. The van der Waals surface area contributed by atoms with Gasteiger partial charge < -0.3 is 40.5 Å². The zero-order chi connectivity index (χ0) is 36.5. The topological polar surface area (TPSA) is 154 Å². The smallest absolute Gasteiger partial charge is 0.201 e. The first kappa shape index (κ1) is 35.2. The molecule has 9 rings (SSSR count). The molecule has 0 amide bonds. The van der Waals surface area contributed by atoms with Gasteiger partial charge in [-0.05, 0) is 74.6 Å². The number of benzene rings is 3. The second-order valence-corrected chi connectivity index (χ2v) is 13.9. The molecule has 6 heterocycles. The number of anilines is 3. The largest absolute Gasteiger partial charge is 0.490 e. The molecule has 0 bridgehead atoms. The molecule has 11 heteroatoms. The van der Waals surface area contributed by atoms with Crippen LogP contribution in [0.5, 0.6) is 17.2 Å². The first-order valence-corrected chi connectivity index (χ1v) is 18.9. The highest BCUT2D eigenvalue weighted by atomic mass is 16.5. The number of aliphatic imine (C=N–C) groups is 1. The molecule has 5 aromatic rings. The van der Waals surface area contributed by atoms with Gasteiger partial charge in [0.1, 0.15) is 35.6 Å². The molecule has 4 atom stereocenters. The van der Waals surface area contributed by atoms with E-state index in [-0.39, 0.29) is 6.04 Å². The van der Waals surface area contributed by atoms with E-state index < -0.39 is 0 Å². The number of hydrogen-bond acceptors (Lipinski definition) is 9. The number of nitrogens with zero attached hydrogens (tertiary/aromatic N) is 5. The minimum atomic E-state index is 0.0842. The molecule has 4 aliphatic rings. The summed E-state index contributed by atoms with van der Waals surface area (Å²) in [5.74, 6) is 4.16. The molecule has 0 radical (unpaired) electrons. The lowest BCUT2D eigenvalue weighted by atomic mass is 10.00. The van der Waals surface area contributed by atoms with Crippen molar-refractivity contribution in [3.8, 4) is 17.2 Å². The highest BCUT2D eigenvalue weighted by molar-refractivity contribution is 5.85. The summed E-state index contributed by atoms with van der Waals surface area (Å²) in [6.45, 7) is 12.4. The molecule has 52 heavy (non-hydrogen) atoms. The van der Waals surface area contributed by atoms with E-state index in [2.05, 4.69) is 70.9 Å². The fraction of sp³-hybridized carbons (Fsp3) is 0.439. The van der Waals surface area contributed by atoms with Gasteiger partial charge in [0.15, 0.2) is 0 Å². The van der Waals surface area contributed by atoms with E-state index in [4.69, 9.17) is 31.4 Å². The first-order valence-electron chi connectivity index (χ1n) is 18.9. The minimum absolute atomic E-state index is 0.0842. The summed E-state index contributed by atoms with van der Waals surface area (Å²) in [6.07, 6.45) is 13.8. The van der Waals surface area contributed by atoms with Crippen molar-refractivity contribution in [3.63, 3.8) is 0 Å². The molecule has 11 nitrogen and oxygen atoms in total. The van der Waals surface area contributed by atoms with Gasteiger partial charge in [-0.1, -0.05) is 33.8 Å². The van der Waals surface area contributed by atoms with Crippen LogP contribution in [0.3, 0.4) is 0 Å². The molecular weight excluding hydrogens is 653 g/mol. The fourth-order valence-electron chi connectivity index (χ4n) is 7.74. The van der Waals surface area contributed by atoms with Crippen molar-refractivity contribution >= 4 is 45.9 Å². The maximum Gasteiger partial charge on any atom is 0.201 e. The first-order chi connectivity index (χ1) is 25.3. The number of nitrogen functional groups attached to an aromatic ring is 3. The van der Waals surface area contributed by atoms with Crippen LogP contribution in [0.25, 0.3) is 22.1 Å². The van der Waals surface area contributed by atoms with Crippen molar-refractivity contribution in [2.24, 2.45) is 4.99 Å². The van der Waals surface area contributed by atoms with Crippen LogP contribution < -0.4 is 31.4 Å². The Morgan fingerprint density at radius 1 is 0.692 bits per heavy atom. The van der Waals surface area contributed by atoms with E-state index in [0.717, 1.165) is 103 Å². The maximum absolute atomic E-state index is 6.07. The van der Waals surface area contributed by atoms with Gasteiger partial charge in [-0.2, -0.15) is 0 Å². The van der Waals surface area contributed by atoms with Crippen LogP contribution in [-0.4, -0.2) is 43.6 Å². The third-order valence-electron chi connectivity index (χ3n) is 10.5. The normalized spacial score (nSPS) is 20.4. The zero-order valence-corrected chi connectivity index (χ0v) is 31.1. The second kappa shape index (κ2) is 14.8. The number of imidazole rings is 2. The van der Waals surface area contributed by atoms with Crippen molar-refractivity contribution in [1.82, 2.24) is 19.1 Å². The summed E-state index contributed by atoms with van der Waals surface area (Å²) in [5, 5.41) is 0.